The number of nitrogens with zero attached hydrogens (tertiary/aromatic N) is 9. The third-order valence-electron chi connectivity index (χ3n) is 18.4. The van der Waals surface area contributed by atoms with Crippen LogP contribution in [-0.2, 0) is 34.1 Å². The third kappa shape index (κ3) is 9.12. The zero-order valence-corrected chi connectivity index (χ0v) is 43.3. The van der Waals surface area contributed by atoms with Crippen LogP contribution in [0.2, 0.25) is 0 Å². The van der Waals surface area contributed by atoms with Crippen molar-refractivity contribution in [2.45, 2.75) is 146 Å². The molecular weight excluding hydrogens is 935 g/mol. The van der Waals surface area contributed by atoms with Crippen molar-refractivity contribution >= 4 is 57.9 Å². The van der Waals surface area contributed by atoms with Gasteiger partial charge in [-0.1, -0.05) is 24.6 Å². The maximum atomic E-state index is 15.3. The highest BCUT2D eigenvalue weighted by Crippen LogP contribution is 2.52. The van der Waals surface area contributed by atoms with Crippen molar-refractivity contribution in [3.8, 4) is 11.3 Å². The maximum absolute atomic E-state index is 15.3. The molecule has 2 N–H and O–H groups in total. The highest BCUT2D eigenvalue weighted by Gasteiger charge is 2.56. The number of anilines is 3. The van der Waals surface area contributed by atoms with Crippen molar-refractivity contribution in [1.82, 2.24) is 39.5 Å². The summed E-state index contributed by atoms with van der Waals surface area (Å²) >= 11 is 0. The summed E-state index contributed by atoms with van der Waals surface area (Å²) < 4.78 is 7.89. The van der Waals surface area contributed by atoms with Crippen molar-refractivity contribution in [2.75, 3.05) is 80.7 Å². The number of carbonyl (C=O) groups excluding carboxylic acids is 5. The van der Waals surface area contributed by atoms with Gasteiger partial charge in [0.15, 0.2) is 5.82 Å². The lowest BCUT2D eigenvalue weighted by Gasteiger charge is -2.48. The molecule has 74 heavy (non-hydrogen) atoms. The molecule has 17 nitrogen and oxygen atoms in total. The van der Waals surface area contributed by atoms with Crippen LogP contribution in [0.15, 0.2) is 48.9 Å². The molecular formula is C57H73N11O6. The number of pyridine rings is 2. The number of rotatable bonds is 10. The van der Waals surface area contributed by atoms with Gasteiger partial charge in [0, 0.05) is 112 Å². The normalized spacial score (nSPS) is 25.4. The molecule has 0 radical (unpaired) electrons. The Morgan fingerprint density at radius 2 is 1.47 bits per heavy atom. The van der Waals surface area contributed by atoms with E-state index in [4.69, 9.17) is 14.7 Å². The molecule has 17 heteroatoms. The number of hydrogen-bond donors (Lipinski definition) is 2. The highest BCUT2D eigenvalue weighted by atomic mass is 16.5. The highest BCUT2D eigenvalue weighted by molar-refractivity contribution is 6.09. The zero-order chi connectivity index (χ0) is 50.7. The molecule has 3 aromatic heterocycles. The standard InChI is InChI=1S/C57H73N11O6/c1-36(2)67-35-59-47-33-46(61-52(51(47)67)60-41-16-28-74-29-17-41)39-6-9-45-48(30-39)68(43-31-42(32-43)63-20-4-3-5-21-63)56(73)57(45)18-26-66(27-19-57)55(72)38-14-24-65(25-15-38)54(71)37-12-22-64(23-13-37)49-10-7-40(34-58-49)44-8-11-50(69)62-53(44)70/h6-7,9-10,30,33-38,41-44H,3-5,8,11-29,31-32H2,1-2H3,(H,60,61)(H,62,69,70)/t42?,43?,44-/m1/s1. The van der Waals surface area contributed by atoms with Crippen molar-refractivity contribution in [3.05, 3.63) is 60.0 Å². The van der Waals surface area contributed by atoms with Gasteiger partial charge in [-0.25, -0.2) is 15.0 Å². The summed E-state index contributed by atoms with van der Waals surface area (Å²) in [4.78, 5) is 93.4. The lowest BCUT2D eigenvalue weighted by molar-refractivity contribution is -0.144. The third-order valence-corrected chi connectivity index (χ3v) is 18.4. The van der Waals surface area contributed by atoms with Crippen LogP contribution >= 0.6 is 0 Å². The van der Waals surface area contributed by atoms with Gasteiger partial charge in [-0.2, -0.15) is 0 Å². The molecule has 1 saturated carbocycles. The molecule has 1 atom stereocenters. The number of fused-ring (bicyclic) bond motifs is 3. The predicted molar refractivity (Wildman–Crippen MR) is 282 cm³/mol. The maximum Gasteiger partial charge on any atom is 0.238 e. The van der Waals surface area contributed by atoms with Gasteiger partial charge in [-0.05, 0) is 140 Å². The average Bonchev–Trinajstić information content (AvgIpc) is 3.96. The van der Waals surface area contributed by atoms with Gasteiger partial charge < -0.3 is 39.1 Å². The number of hydrogen-bond acceptors (Lipinski definition) is 12. The number of imidazole rings is 1. The van der Waals surface area contributed by atoms with E-state index in [1.165, 1.54) is 19.3 Å². The number of amides is 5. The summed E-state index contributed by atoms with van der Waals surface area (Å²) in [5, 5.41) is 6.22. The van der Waals surface area contributed by atoms with Gasteiger partial charge in [0.05, 0.1) is 28.9 Å². The van der Waals surface area contributed by atoms with E-state index in [1.54, 1.807) is 6.20 Å². The van der Waals surface area contributed by atoms with Crippen LogP contribution in [0.1, 0.15) is 133 Å². The molecule has 6 saturated heterocycles. The first kappa shape index (κ1) is 49.0. The van der Waals surface area contributed by atoms with Crippen LogP contribution in [0.5, 0.6) is 0 Å². The van der Waals surface area contributed by atoms with Gasteiger partial charge in [0.1, 0.15) is 11.3 Å². The summed E-state index contributed by atoms with van der Waals surface area (Å²) in [6, 6.07) is 13.6. The fraction of sp³-hybridized carbons (Fsp3) is 0.614. The summed E-state index contributed by atoms with van der Waals surface area (Å²) in [5.74, 6) is 1.12. The largest absolute Gasteiger partial charge is 0.381 e. The molecule has 5 amide bonds. The van der Waals surface area contributed by atoms with Gasteiger partial charge in [0.2, 0.25) is 29.5 Å². The van der Waals surface area contributed by atoms with E-state index in [1.807, 2.05) is 28.3 Å². The van der Waals surface area contributed by atoms with Crippen molar-refractivity contribution < 1.29 is 28.7 Å². The Hall–Kier alpha value is -5.94. The van der Waals surface area contributed by atoms with E-state index >= 15 is 4.79 Å². The molecule has 7 aliphatic heterocycles. The van der Waals surface area contributed by atoms with Crippen LogP contribution in [0.25, 0.3) is 22.3 Å². The number of aromatic nitrogens is 4. The number of piperidine rings is 5. The minimum absolute atomic E-state index is 0.0660. The summed E-state index contributed by atoms with van der Waals surface area (Å²) in [7, 11) is 0. The molecule has 1 aromatic carbocycles. The topological polar surface area (TPSA) is 178 Å². The van der Waals surface area contributed by atoms with Crippen LogP contribution in [0.3, 0.4) is 0 Å². The fourth-order valence-electron chi connectivity index (χ4n) is 13.8. The van der Waals surface area contributed by atoms with E-state index in [9.17, 15) is 19.2 Å². The van der Waals surface area contributed by atoms with Crippen LogP contribution in [-0.4, -0.2) is 147 Å². The predicted octanol–water partition coefficient (Wildman–Crippen LogP) is 6.56. The number of benzene rings is 1. The minimum atomic E-state index is -0.690. The van der Waals surface area contributed by atoms with Gasteiger partial charge in [-0.3, -0.25) is 29.3 Å². The lowest BCUT2D eigenvalue weighted by Crippen LogP contribution is -2.58. The molecule has 8 aliphatic rings. The fourth-order valence-corrected chi connectivity index (χ4v) is 13.8. The van der Waals surface area contributed by atoms with E-state index in [0.29, 0.717) is 83.8 Å². The second-order valence-corrected chi connectivity index (χ2v) is 23.0. The quantitative estimate of drug-likeness (QED) is 0.164. The summed E-state index contributed by atoms with van der Waals surface area (Å²) in [5.41, 5.74) is 5.91. The minimum Gasteiger partial charge on any atom is -0.381 e. The Bertz CT molecular complexity index is 2770. The average molecular weight is 1010 g/mol. The Morgan fingerprint density at radius 1 is 0.770 bits per heavy atom. The number of likely N-dealkylation sites (tertiary alicyclic amines) is 3. The summed E-state index contributed by atoms with van der Waals surface area (Å²) in [6.45, 7) is 11.7. The van der Waals surface area contributed by atoms with Crippen molar-refractivity contribution in [3.63, 3.8) is 0 Å². The summed E-state index contributed by atoms with van der Waals surface area (Å²) in [6.07, 6.45) is 16.0. The van der Waals surface area contributed by atoms with E-state index in [2.05, 4.69) is 73.0 Å². The number of ether oxygens (including phenoxy) is 1. The Morgan fingerprint density at radius 3 is 2.15 bits per heavy atom. The first-order valence-electron chi connectivity index (χ1n) is 28.1. The van der Waals surface area contributed by atoms with Crippen LogP contribution in [0.4, 0.5) is 17.3 Å². The van der Waals surface area contributed by atoms with Crippen molar-refractivity contribution in [1.29, 1.82) is 0 Å². The van der Waals surface area contributed by atoms with Crippen LogP contribution < -0.4 is 20.4 Å². The molecule has 392 valence electrons. The number of imide groups is 1. The molecule has 12 rings (SSSR count). The van der Waals surface area contributed by atoms with Gasteiger partial charge in [-0.15, -0.1) is 0 Å². The number of nitrogens with one attached hydrogen (secondary N) is 2. The van der Waals surface area contributed by atoms with Gasteiger partial charge >= 0.3 is 0 Å². The first-order chi connectivity index (χ1) is 36.0. The van der Waals surface area contributed by atoms with Crippen LogP contribution in [0, 0.1) is 11.8 Å². The van der Waals surface area contributed by atoms with Gasteiger partial charge in [0.25, 0.3) is 0 Å². The lowest BCUT2D eigenvalue weighted by atomic mass is 9.73. The van der Waals surface area contributed by atoms with E-state index in [-0.39, 0.29) is 65.4 Å². The Labute approximate surface area is 434 Å². The Kier molecular flexibility index (Phi) is 13.4. The molecule has 10 heterocycles. The van der Waals surface area contributed by atoms with Crippen molar-refractivity contribution in [2.24, 2.45) is 11.8 Å². The molecule has 1 spiro atoms. The smallest absolute Gasteiger partial charge is 0.238 e. The number of carbonyl (C=O) groups is 5. The molecule has 0 unspecified atom stereocenters. The first-order valence-corrected chi connectivity index (χ1v) is 28.1. The molecule has 1 aliphatic carbocycles. The van der Waals surface area contributed by atoms with E-state index < -0.39 is 5.41 Å². The van der Waals surface area contributed by atoms with E-state index in [0.717, 1.165) is 116 Å². The second kappa shape index (κ2) is 20.3. The zero-order valence-electron chi connectivity index (χ0n) is 43.3. The molecule has 4 aromatic rings. The molecule has 7 fully saturated rings. The molecule has 0 bridgehead atoms. The Balaban J connectivity index is 0.704. The SMILES string of the molecule is CC(C)n1cnc2cc(-c3ccc4c(c3)N(C3CC(N5CCCCC5)C3)C(=O)C43CCN(C(=O)C4CCN(C(=O)C5CCN(c6ccc([C@H]7CCC(=O)NC7=O)cn6)CC5)CC4)CC3)nc(NC3CCOCC3)c21. The second-order valence-electron chi connectivity index (χ2n) is 23.0. The monoisotopic (exact) mass is 1010 g/mol.